The number of carbonyl (C=O) groups excluding carboxylic acids is 1. The predicted molar refractivity (Wildman–Crippen MR) is 108 cm³/mol. The summed E-state index contributed by atoms with van der Waals surface area (Å²) in [6.07, 6.45) is 8.60. The second-order valence-electron chi connectivity index (χ2n) is 6.66. The summed E-state index contributed by atoms with van der Waals surface area (Å²) < 4.78 is 5.19. The Balaban J connectivity index is 1.60. The molecule has 4 nitrogen and oxygen atoms in total. The molecule has 0 unspecified atom stereocenters. The molecule has 138 valence electrons. The maximum atomic E-state index is 12.3. The van der Waals surface area contributed by atoms with Gasteiger partial charge in [-0.2, -0.15) is 5.26 Å². The summed E-state index contributed by atoms with van der Waals surface area (Å²) in [6, 6.07) is 17.1. The lowest BCUT2D eigenvalue weighted by Crippen LogP contribution is -2.23. The van der Waals surface area contributed by atoms with E-state index in [1.54, 1.807) is 30.3 Å². The van der Waals surface area contributed by atoms with Gasteiger partial charge in [0.1, 0.15) is 11.8 Å². The molecule has 2 aromatic rings. The second kappa shape index (κ2) is 9.59. The van der Waals surface area contributed by atoms with Crippen LogP contribution in [0.3, 0.4) is 0 Å². The number of hydrogen-bond donors (Lipinski definition) is 0. The van der Waals surface area contributed by atoms with Crippen molar-refractivity contribution in [1.82, 2.24) is 0 Å². The van der Waals surface area contributed by atoms with Crippen molar-refractivity contribution in [3.8, 4) is 11.8 Å². The molecule has 4 heteroatoms. The minimum absolute atomic E-state index is 0.000615. The molecule has 0 aliphatic carbocycles. The minimum atomic E-state index is -0.0570. The molecule has 3 rings (SSSR count). The van der Waals surface area contributed by atoms with Gasteiger partial charge in [-0.25, -0.2) is 0 Å². The topological polar surface area (TPSA) is 53.3 Å². The van der Waals surface area contributed by atoms with Crippen LogP contribution in [0.5, 0.6) is 5.75 Å². The largest absolute Gasteiger partial charge is 0.479 e. The average Bonchev–Trinajstić information content (AvgIpc) is 3.01. The van der Waals surface area contributed by atoms with Gasteiger partial charge in [-0.3, -0.25) is 4.79 Å². The number of hydrogen-bond acceptors (Lipinski definition) is 4. The van der Waals surface area contributed by atoms with Crippen LogP contribution in [0.2, 0.25) is 0 Å². The smallest absolute Gasteiger partial charge is 0.185 e. The Hall–Kier alpha value is -3.06. The summed E-state index contributed by atoms with van der Waals surface area (Å²) in [6.45, 7) is 2.25. The van der Waals surface area contributed by atoms with Crippen molar-refractivity contribution in [2.24, 2.45) is 0 Å². The number of nitriles is 1. The molecule has 0 saturated carbocycles. The second-order valence-corrected chi connectivity index (χ2v) is 6.66. The Morgan fingerprint density at radius 1 is 1.00 bits per heavy atom. The van der Waals surface area contributed by atoms with Crippen LogP contribution >= 0.6 is 0 Å². The fourth-order valence-electron chi connectivity index (χ4n) is 3.22. The van der Waals surface area contributed by atoms with Gasteiger partial charge in [0.05, 0.1) is 0 Å². The van der Waals surface area contributed by atoms with E-state index in [9.17, 15) is 4.79 Å². The lowest BCUT2D eigenvalue weighted by atomic mass is 10.1. The molecule has 0 spiro atoms. The van der Waals surface area contributed by atoms with Crippen molar-refractivity contribution in [2.75, 3.05) is 24.6 Å². The fourth-order valence-corrected chi connectivity index (χ4v) is 3.22. The number of carbonyl (C=O) groups is 1. The highest BCUT2D eigenvalue weighted by atomic mass is 16.5. The maximum absolute atomic E-state index is 12.3. The fraction of sp³-hybridized carbons (Fsp3) is 0.304. The van der Waals surface area contributed by atoms with E-state index in [0.717, 1.165) is 18.7 Å². The van der Waals surface area contributed by atoms with Crippen molar-refractivity contribution in [3.05, 3.63) is 65.7 Å². The Morgan fingerprint density at radius 2 is 1.67 bits per heavy atom. The molecule has 0 atom stereocenters. The van der Waals surface area contributed by atoms with E-state index in [-0.39, 0.29) is 12.4 Å². The molecule has 1 fully saturated rings. The van der Waals surface area contributed by atoms with Crippen molar-refractivity contribution in [2.45, 2.75) is 25.7 Å². The van der Waals surface area contributed by atoms with Crippen LogP contribution < -0.4 is 9.64 Å². The molecule has 0 radical (unpaired) electrons. The van der Waals surface area contributed by atoms with Crippen LogP contribution in [0.4, 0.5) is 5.69 Å². The molecule has 2 aromatic carbocycles. The summed E-state index contributed by atoms with van der Waals surface area (Å²) >= 11 is 0. The lowest BCUT2D eigenvalue weighted by molar-refractivity contribution is 0.104. The first-order chi connectivity index (χ1) is 13.3. The van der Waals surface area contributed by atoms with Crippen LogP contribution in [0, 0.1) is 11.3 Å². The van der Waals surface area contributed by atoms with E-state index in [2.05, 4.69) is 29.2 Å². The lowest BCUT2D eigenvalue weighted by Gasteiger charge is -2.22. The van der Waals surface area contributed by atoms with Gasteiger partial charge in [0.2, 0.25) is 0 Å². The van der Waals surface area contributed by atoms with E-state index in [1.165, 1.54) is 31.4 Å². The Kier molecular flexibility index (Phi) is 6.65. The minimum Gasteiger partial charge on any atom is -0.479 e. The third-order valence-electron chi connectivity index (χ3n) is 4.73. The van der Waals surface area contributed by atoms with Gasteiger partial charge in [0, 0.05) is 24.3 Å². The Bertz CT molecular complexity index is 809. The molecule has 1 heterocycles. The number of nitrogens with zero attached hydrogens (tertiary/aromatic N) is 2. The molecule has 0 N–H and O–H groups in total. The first kappa shape index (κ1) is 18.7. The molecule has 0 amide bonds. The van der Waals surface area contributed by atoms with Crippen LogP contribution in [0.15, 0.2) is 54.6 Å². The first-order valence-electron chi connectivity index (χ1n) is 9.43. The zero-order valence-corrected chi connectivity index (χ0v) is 15.4. The van der Waals surface area contributed by atoms with Gasteiger partial charge in [0.15, 0.2) is 12.4 Å². The number of anilines is 1. The number of ether oxygens (including phenoxy) is 1. The van der Waals surface area contributed by atoms with Crippen molar-refractivity contribution in [1.29, 1.82) is 5.26 Å². The van der Waals surface area contributed by atoms with Crippen LogP contribution in [0.25, 0.3) is 6.08 Å². The highest BCUT2D eigenvalue weighted by molar-refractivity contribution is 6.06. The van der Waals surface area contributed by atoms with Gasteiger partial charge in [0.25, 0.3) is 0 Å². The van der Waals surface area contributed by atoms with E-state index in [1.807, 2.05) is 12.1 Å². The molecule has 1 aliphatic heterocycles. The zero-order valence-electron chi connectivity index (χ0n) is 15.4. The summed E-state index contributed by atoms with van der Waals surface area (Å²) in [5.41, 5.74) is 2.86. The third kappa shape index (κ3) is 5.46. The molecule has 1 aliphatic rings. The Labute approximate surface area is 160 Å². The molecule has 0 aromatic heterocycles. The normalized spacial score (nSPS) is 14.6. The monoisotopic (exact) mass is 360 g/mol. The predicted octanol–water partition coefficient (Wildman–Crippen LogP) is 4.87. The van der Waals surface area contributed by atoms with Gasteiger partial charge >= 0.3 is 0 Å². The maximum Gasteiger partial charge on any atom is 0.185 e. The van der Waals surface area contributed by atoms with Crippen LogP contribution in [-0.4, -0.2) is 25.5 Å². The van der Waals surface area contributed by atoms with Gasteiger partial charge < -0.3 is 9.64 Å². The zero-order chi connectivity index (χ0) is 18.9. The van der Waals surface area contributed by atoms with Crippen molar-refractivity contribution in [3.63, 3.8) is 0 Å². The number of ketones is 1. The van der Waals surface area contributed by atoms with E-state index < -0.39 is 0 Å². The highest BCUT2D eigenvalue weighted by Crippen LogP contribution is 2.20. The third-order valence-corrected chi connectivity index (χ3v) is 4.73. The summed E-state index contributed by atoms with van der Waals surface area (Å²) in [5.74, 6) is 0.527. The number of allylic oxidation sites excluding steroid dienone is 1. The van der Waals surface area contributed by atoms with E-state index >= 15 is 0 Å². The van der Waals surface area contributed by atoms with E-state index in [0.29, 0.717) is 11.3 Å². The number of benzene rings is 2. The molecule has 0 bridgehead atoms. The molecular formula is C23H24N2O2. The summed E-state index contributed by atoms with van der Waals surface area (Å²) in [7, 11) is 0. The first-order valence-corrected chi connectivity index (χ1v) is 9.43. The van der Waals surface area contributed by atoms with Crippen LogP contribution in [0.1, 0.15) is 41.6 Å². The SMILES string of the molecule is N#CCOc1ccc(C(=O)/C=C/c2ccc(N3CCCCCC3)cc2)cc1. The quantitative estimate of drug-likeness (QED) is 0.545. The molecule has 1 saturated heterocycles. The van der Waals surface area contributed by atoms with E-state index in [4.69, 9.17) is 10.00 Å². The highest BCUT2D eigenvalue weighted by Gasteiger charge is 2.09. The average molecular weight is 360 g/mol. The number of rotatable bonds is 6. The van der Waals surface area contributed by atoms with Gasteiger partial charge in [-0.15, -0.1) is 0 Å². The molecule has 27 heavy (non-hydrogen) atoms. The van der Waals surface area contributed by atoms with Gasteiger partial charge in [-0.1, -0.05) is 31.1 Å². The van der Waals surface area contributed by atoms with Crippen molar-refractivity contribution < 1.29 is 9.53 Å². The standard InChI is InChI=1S/C23H24N2O2/c24-15-18-27-22-12-8-20(9-13-22)23(26)14-7-19-5-10-21(11-6-19)25-16-3-1-2-4-17-25/h5-14H,1-4,16-18H2/b14-7+. The summed E-state index contributed by atoms with van der Waals surface area (Å²) in [4.78, 5) is 14.8. The van der Waals surface area contributed by atoms with Crippen LogP contribution in [-0.2, 0) is 0 Å². The van der Waals surface area contributed by atoms with Gasteiger partial charge in [-0.05, 0) is 60.9 Å². The van der Waals surface area contributed by atoms with Crippen molar-refractivity contribution >= 4 is 17.5 Å². The Morgan fingerprint density at radius 3 is 2.30 bits per heavy atom. The molecular weight excluding hydrogens is 336 g/mol. The summed E-state index contributed by atoms with van der Waals surface area (Å²) in [5, 5.41) is 8.51.